The van der Waals surface area contributed by atoms with Crippen LogP contribution in [0, 0.1) is 11.8 Å². The Balaban J connectivity index is 1.38. The molecular weight excluding hydrogens is 456 g/mol. The highest BCUT2D eigenvalue weighted by molar-refractivity contribution is 8.00. The summed E-state index contributed by atoms with van der Waals surface area (Å²) in [4.78, 5) is 51.5. The van der Waals surface area contributed by atoms with Gasteiger partial charge in [0.25, 0.3) is 0 Å². The highest BCUT2D eigenvalue weighted by Gasteiger charge is 2.40. The van der Waals surface area contributed by atoms with E-state index < -0.39 is 23.1 Å². The van der Waals surface area contributed by atoms with Crippen molar-refractivity contribution in [1.29, 1.82) is 0 Å². The number of amides is 3. The first-order valence-corrected chi connectivity index (χ1v) is 11.7. The van der Waals surface area contributed by atoms with Gasteiger partial charge in [0.05, 0.1) is 29.9 Å². The molecule has 1 saturated heterocycles. The van der Waals surface area contributed by atoms with E-state index in [4.69, 9.17) is 4.74 Å². The summed E-state index contributed by atoms with van der Waals surface area (Å²) in [5.41, 5.74) is 1.05. The standard InChI is InChI=1S/C25H24N2O6S/c1-33-17-10-8-16(9-11-17)27-22(28)14-21(24(27)30)34-18-12-6-15(7-13-18)26-23(29)19-4-2-3-5-20(19)25(31)32/h2-3,6-13,19-21H,4-5,14H2,1H3,(H,26,29)(H,31,32)/t19-,20-,21-/m0/s1. The summed E-state index contributed by atoms with van der Waals surface area (Å²) >= 11 is 1.29. The zero-order chi connectivity index (χ0) is 24.2. The van der Waals surface area contributed by atoms with Crippen molar-refractivity contribution in [3.63, 3.8) is 0 Å². The molecule has 3 atom stereocenters. The number of nitrogens with one attached hydrogen (secondary N) is 1. The number of imide groups is 1. The van der Waals surface area contributed by atoms with Crippen LogP contribution in [-0.4, -0.2) is 41.2 Å². The Morgan fingerprint density at radius 3 is 2.26 bits per heavy atom. The van der Waals surface area contributed by atoms with Crippen molar-refractivity contribution >= 4 is 46.8 Å². The number of nitrogens with zero attached hydrogens (tertiary/aromatic N) is 1. The van der Waals surface area contributed by atoms with Gasteiger partial charge in [-0.05, 0) is 61.4 Å². The van der Waals surface area contributed by atoms with Gasteiger partial charge in [-0.1, -0.05) is 12.2 Å². The molecule has 2 aliphatic rings. The van der Waals surface area contributed by atoms with Crippen LogP contribution in [0.5, 0.6) is 5.75 Å². The minimum absolute atomic E-state index is 0.0970. The fraction of sp³-hybridized carbons (Fsp3) is 0.280. The van der Waals surface area contributed by atoms with Gasteiger partial charge >= 0.3 is 5.97 Å². The molecule has 176 valence electrons. The normalized spacial score (nSPS) is 22.0. The zero-order valence-corrected chi connectivity index (χ0v) is 19.3. The van der Waals surface area contributed by atoms with E-state index in [1.54, 1.807) is 61.7 Å². The second kappa shape index (κ2) is 10.1. The van der Waals surface area contributed by atoms with Crippen molar-refractivity contribution in [3.8, 4) is 5.75 Å². The number of hydrogen-bond donors (Lipinski definition) is 2. The van der Waals surface area contributed by atoms with Gasteiger partial charge in [0, 0.05) is 17.0 Å². The molecule has 2 N–H and O–H groups in total. The van der Waals surface area contributed by atoms with Gasteiger partial charge in [-0.2, -0.15) is 0 Å². The average molecular weight is 481 g/mol. The van der Waals surface area contributed by atoms with Gasteiger partial charge in [-0.25, -0.2) is 4.90 Å². The maximum Gasteiger partial charge on any atom is 0.307 e. The summed E-state index contributed by atoms with van der Waals surface area (Å²) in [6.07, 6.45) is 4.45. The van der Waals surface area contributed by atoms with Gasteiger partial charge in [0.15, 0.2) is 0 Å². The van der Waals surface area contributed by atoms with E-state index in [9.17, 15) is 24.3 Å². The number of carboxylic acid groups (broad SMARTS) is 1. The number of benzene rings is 2. The number of ether oxygens (including phenoxy) is 1. The first-order chi connectivity index (χ1) is 16.4. The second-order valence-electron chi connectivity index (χ2n) is 8.08. The van der Waals surface area contributed by atoms with Crippen LogP contribution in [-0.2, 0) is 19.2 Å². The van der Waals surface area contributed by atoms with E-state index >= 15 is 0 Å². The van der Waals surface area contributed by atoms with Gasteiger partial charge < -0.3 is 15.2 Å². The third kappa shape index (κ3) is 4.99. The number of allylic oxidation sites excluding steroid dienone is 2. The quantitative estimate of drug-likeness (QED) is 0.459. The van der Waals surface area contributed by atoms with Crippen LogP contribution in [0.15, 0.2) is 65.6 Å². The molecule has 1 aliphatic heterocycles. The van der Waals surface area contributed by atoms with Crippen molar-refractivity contribution in [3.05, 3.63) is 60.7 Å². The van der Waals surface area contributed by atoms with Crippen LogP contribution < -0.4 is 15.0 Å². The third-order valence-electron chi connectivity index (χ3n) is 5.92. The fourth-order valence-corrected chi connectivity index (χ4v) is 5.15. The lowest BCUT2D eigenvalue weighted by Gasteiger charge is -2.24. The number of anilines is 2. The predicted molar refractivity (Wildman–Crippen MR) is 128 cm³/mol. The molecule has 0 bridgehead atoms. The number of carbonyl (C=O) groups excluding carboxylic acids is 3. The highest BCUT2D eigenvalue weighted by atomic mass is 32.2. The number of methoxy groups -OCH3 is 1. The lowest BCUT2D eigenvalue weighted by molar-refractivity contribution is -0.146. The van der Waals surface area contributed by atoms with Crippen molar-refractivity contribution in [2.45, 2.75) is 29.4 Å². The smallest absolute Gasteiger partial charge is 0.307 e. The van der Waals surface area contributed by atoms with Gasteiger partial charge in [0.1, 0.15) is 5.75 Å². The Kier molecular flexibility index (Phi) is 7.02. The second-order valence-corrected chi connectivity index (χ2v) is 9.36. The molecule has 8 nitrogen and oxygen atoms in total. The first kappa shape index (κ1) is 23.6. The molecule has 3 amide bonds. The molecule has 4 rings (SSSR count). The lowest BCUT2D eigenvalue weighted by atomic mass is 9.82. The monoisotopic (exact) mass is 480 g/mol. The summed E-state index contributed by atoms with van der Waals surface area (Å²) < 4.78 is 5.12. The van der Waals surface area contributed by atoms with Crippen LogP contribution in [0.25, 0.3) is 0 Å². The molecule has 1 fully saturated rings. The predicted octanol–water partition coefficient (Wildman–Crippen LogP) is 3.72. The van der Waals surface area contributed by atoms with Crippen molar-refractivity contribution in [1.82, 2.24) is 0 Å². The number of thioether (sulfide) groups is 1. The maximum absolute atomic E-state index is 12.9. The number of rotatable bonds is 7. The Morgan fingerprint density at radius 1 is 1.00 bits per heavy atom. The molecule has 1 aliphatic carbocycles. The molecule has 0 aromatic heterocycles. The molecular formula is C25H24N2O6S. The van der Waals surface area contributed by atoms with Crippen molar-refractivity contribution < 1.29 is 29.0 Å². The summed E-state index contributed by atoms with van der Waals surface area (Å²) in [6.45, 7) is 0. The number of aliphatic carboxylic acids is 1. The highest BCUT2D eigenvalue weighted by Crippen LogP contribution is 2.35. The molecule has 0 radical (unpaired) electrons. The van der Waals surface area contributed by atoms with E-state index in [0.29, 0.717) is 30.0 Å². The molecule has 2 aromatic carbocycles. The largest absolute Gasteiger partial charge is 0.497 e. The van der Waals surface area contributed by atoms with Crippen molar-refractivity contribution in [2.75, 3.05) is 17.3 Å². The van der Waals surface area contributed by atoms with Crippen molar-refractivity contribution in [2.24, 2.45) is 11.8 Å². The fourth-order valence-electron chi connectivity index (χ4n) is 4.09. The van der Waals surface area contributed by atoms with E-state index in [2.05, 4.69) is 5.32 Å². The summed E-state index contributed by atoms with van der Waals surface area (Å²) in [6, 6.07) is 13.7. The molecule has 0 spiro atoms. The maximum atomic E-state index is 12.9. The van der Waals surface area contributed by atoms with Crippen LogP contribution in [0.1, 0.15) is 19.3 Å². The molecule has 2 aromatic rings. The van der Waals surface area contributed by atoms with E-state index in [0.717, 1.165) is 4.90 Å². The van der Waals surface area contributed by atoms with Crippen LogP contribution >= 0.6 is 11.8 Å². The molecule has 1 heterocycles. The molecule has 0 unspecified atom stereocenters. The summed E-state index contributed by atoms with van der Waals surface area (Å²) in [5, 5.41) is 11.6. The first-order valence-electron chi connectivity index (χ1n) is 10.8. The SMILES string of the molecule is COc1ccc(N2C(=O)C[C@H](Sc3ccc(NC(=O)[C@H]4CC=CC[C@@H]4C(=O)O)cc3)C2=O)cc1. The van der Waals surface area contributed by atoms with E-state index in [1.807, 2.05) is 6.08 Å². The molecule has 34 heavy (non-hydrogen) atoms. The van der Waals surface area contributed by atoms with Crippen LogP contribution in [0.4, 0.5) is 11.4 Å². The van der Waals surface area contributed by atoms with Gasteiger partial charge in [0.2, 0.25) is 17.7 Å². The Morgan fingerprint density at radius 2 is 1.65 bits per heavy atom. The topological polar surface area (TPSA) is 113 Å². The molecule has 9 heteroatoms. The summed E-state index contributed by atoms with van der Waals surface area (Å²) in [5.74, 6) is -2.56. The zero-order valence-electron chi connectivity index (χ0n) is 18.5. The number of carbonyl (C=O) groups is 4. The Bertz CT molecular complexity index is 1130. The third-order valence-corrected chi connectivity index (χ3v) is 7.12. The molecule has 0 saturated carbocycles. The Hall–Kier alpha value is -3.59. The van der Waals surface area contributed by atoms with Gasteiger partial charge in [-0.15, -0.1) is 11.8 Å². The number of hydrogen-bond acceptors (Lipinski definition) is 6. The van der Waals surface area contributed by atoms with Crippen LogP contribution in [0.3, 0.4) is 0 Å². The summed E-state index contributed by atoms with van der Waals surface area (Å²) in [7, 11) is 1.55. The minimum Gasteiger partial charge on any atom is -0.497 e. The van der Waals surface area contributed by atoms with E-state index in [1.165, 1.54) is 16.7 Å². The minimum atomic E-state index is -0.976. The Labute approximate surface area is 201 Å². The average Bonchev–Trinajstić information content (AvgIpc) is 3.12. The van der Waals surface area contributed by atoms with Crippen LogP contribution in [0.2, 0.25) is 0 Å². The number of carboxylic acids is 1. The van der Waals surface area contributed by atoms with Gasteiger partial charge in [-0.3, -0.25) is 19.2 Å². The van der Waals surface area contributed by atoms with E-state index in [-0.39, 0.29) is 24.1 Å². The lowest BCUT2D eigenvalue weighted by Crippen LogP contribution is -2.34.